The lowest BCUT2D eigenvalue weighted by Crippen LogP contribution is -2.15. The molecule has 6 nitrogen and oxygen atoms in total. The zero-order chi connectivity index (χ0) is 23.8. The van der Waals surface area contributed by atoms with Crippen molar-refractivity contribution in [3.63, 3.8) is 0 Å². The minimum absolute atomic E-state index is 0.0445. The molecule has 14 heteroatoms. The molecule has 0 saturated carbocycles. The highest BCUT2D eigenvalue weighted by Crippen LogP contribution is 2.35. The first-order valence-corrected chi connectivity index (χ1v) is 16.0. The molecule has 0 radical (unpaired) electrons. The molecule has 3 aromatic rings. The maximum atomic E-state index is 12.8. The number of sulfonamides is 2. The van der Waals surface area contributed by atoms with Crippen LogP contribution in [0, 0.1) is 0 Å². The Morgan fingerprint density at radius 1 is 0.469 bits per heavy atom. The molecule has 0 aliphatic carbocycles. The lowest BCUT2D eigenvalue weighted by Gasteiger charge is -2.13. The topological polar surface area (TPSA) is 92.3 Å². The van der Waals surface area contributed by atoms with Gasteiger partial charge in [-0.15, -0.1) is 0 Å². The summed E-state index contributed by atoms with van der Waals surface area (Å²) in [6.07, 6.45) is 0. The van der Waals surface area contributed by atoms with Crippen LogP contribution in [0.2, 0.25) is 0 Å². The molecule has 0 atom stereocenters. The maximum absolute atomic E-state index is 12.8. The fourth-order valence-electron chi connectivity index (χ4n) is 2.45. The van der Waals surface area contributed by atoms with E-state index in [2.05, 4.69) is 105 Å². The van der Waals surface area contributed by atoms with Crippen molar-refractivity contribution in [3.05, 3.63) is 75.4 Å². The summed E-state index contributed by atoms with van der Waals surface area (Å²) in [5, 5.41) is 0. The highest BCUT2D eigenvalue weighted by atomic mass is 79.9. The highest BCUT2D eigenvalue weighted by molar-refractivity contribution is 9.13. The zero-order valence-corrected chi connectivity index (χ0v) is 26.5. The molecular formula is C18H10Br6N2O4S2. The standard InChI is InChI=1S/C18H10Br6N2O4S2/c19-11-5-15(23)17(7-13(11)21)31(27,28)25-9-1-2-10(4-3-9)26-32(29,30)18-8-14(22)12(20)6-16(18)24/h1-8,25-26H. The molecule has 3 aromatic carbocycles. The van der Waals surface area contributed by atoms with E-state index in [0.717, 1.165) is 0 Å². The predicted octanol–water partition coefficient (Wildman–Crippen LogP) is 7.86. The second-order valence-corrected chi connectivity index (χ2v) is 14.6. The molecular weight excluding hydrogens is 852 g/mol. The van der Waals surface area contributed by atoms with Gasteiger partial charge >= 0.3 is 0 Å². The zero-order valence-electron chi connectivity index (χ0n) is 15.3. The van der Waals surface area contributed by atoms with Crippen molar-refractivity contribution >= 4 is 127 Å². The van der Waals surface area contributed by atoms with Gasteiger partial charge in [-0.25, -0.2) is 16.8 Å². The number of benzene rings is 3. The van der Waals surface area contributed by atoms with Gasteiger partial charge in [-0.05, 0) is 144 Å². The van der Waals surface area contributed by atoms with Crippen molar-refractivity contribution < 1.29 is 16.8 Å². The quantitative estimate of drug-likeness (QED) is 0.247. The second-order valence-electron chi connectivity index (χ2n) is 6.18. The van der Waals surface area contributed by atoms with Gasteiger partial charge in [0.1, 0.15) is 9.79 Å². The van der Waals surface area contributed by atoms with Crippen LogP contribution in [0.5, 0.6) is 0 Å². The summed E-state index contributed by atoms with van der Waals surface area (Å²) in [6.45, 7) is 0. The Kier molecular flexibility index (Phi) is 8.61. The lowest BCUT2D eigenvalue weighted by atomic mass is 10.3. The summed E-state index contributed by atoms with van der Waals surface area (Å²) < 4.78 is 59.4. The molecule has 0 aromatic heterocycles. The van der Waals surface area contributed by atoms with Gasteiger partial charge in [-0.1, -0.05) is 0 Å². The van der Waals surface area contributed by atoms with Crippen LogP contribution < -0.4 is 9.44 Å². The summed E-state index contributed by atoms with van der Waals surface area (Å²) in [4.78, 5) is 0.0889. The van der Waals surface area contributed by atoms with Crippen molar-refractivity contribution in [2.45, 2.75) is 9.79 Å². The van der Waals surface area contributed by atoms with E-state index in [9.17, 15) is 16.8 Å². The van der Waals surface area contributed by atoms with E-state index in [1.807, 2.05) is 0 Å². The Labute approximate surface area is 235 Å². The summed E-state index contributed by atoms with van der Waals surface area (Å²) >= 11 is 19.7. The summed E-state index contributed by atoms with van der Waals surface area (Å²) in [7, 11) is -7.78. The Hall–Kier alpha value is 0.0400. The van der Waals surface area contributed by atoms with E-state index >= 15 is 0 Å². The van der Waals surface area contributed by atoms with Crippen molar-refractivity contribution in [2.24, 2.45) is 0 Å². The number of anilines is 2. The average Bonchev–Trinajstić information content (AvgIpc) is 2.68. The number of hydrogen-bond donors (Lipinski definition) is 2. The monoisotopic (exact) mass is 856 g/mol. The normalized spacial score (nSPS) is 11.9. The number of hydrogen-bond acceptors (Lipinski definition) is 4. The molecule has 0 spiro atoms. The second kappa shape index (κ2) is 10.3. The van der Waals surface area contributed by atoms with Gasteiger partial charge in [-0.2, -0.15) is 0 Å². The van der Waals surface area contributed by atoms with Crippen molar-refractivity contribution in [3.8, 4) is 0 Å². The third-order valence-electron chi connectivity index (χ3n) is 3.92. The van der Waals surface area contributed by atoms with E-state index < -0.39 is 20.0 Å². The SMILES string of the molecule is O=S(=O)(Nc1ccc(NS(=O)(=O)c2cc(Br)c(Br)cc2Br)cc1)c1cc(Br)c(Br)cc1Br. The highest BCUT2D eigenvalue weighted by Gasteiger charge is 2.21. The van der Waals surface area contributed by atoms with Crippen LogP contribution >= 0.6 is 95.6 Å². The number of halogens is 6. The van der Waals surface area contributed by atoms with Gasteiger partial charge in [0.05, 0.1) is 0 Å². The first kappa shape index (κ1) is 26.6. The molecule has 2 N–H and O–H groups in total. The van der Waals surface area contributed by atoms with E-state index in [1.165, 1.54) is 36.4 Å². The van der Waals surface area contributed by atoms with Crippen LogP contribution in [0.3, 0.4) is 0 Å². The third-order valence-corrected chi connectivity index (χ3v) is 12.3. The van der Waals surface area contributed by atoms with Crippen LogP contribution in [-0.4, -0.2) is 16.8 Å². The fourth-order valence-corrected chi connectivity index (χ4v) is 8.99. The first-order valence-electron chi connectivity index (χ1n) is 8.25. The molecule has 0 heterocycles. The van der Waals surface area contributed by atoms with Crippen molar-refractivity contribution in [1.82, 2.24) is 0 Å². The van der Waals surface area contributed by atoms with Gasteiger partial charge in [0.15, 0.2) is 0 Å². The van der Waals surface area contributed by atoms with Crippen LogP contribution in [-0.2, 0) is 20.0 Å². The summed E-state index contributed by atoms with van der Waals surface area (Å²) in [5.74, 6) is 0. The molecule has 0 aliphatic rings. The van der Waals surface area contributed by atoms with E-state index in [4.69, 9.17) is 0 Å². The smallest absolute Gasteiger partial charge is 0.263 e. The molecule has 0 saturated heterocycles. The Bertz CT molecular complexity index is 1300. The van der Waals surface area contributed by atoms with Gasteiger partial charge < -0.3 is 0 Å². The van der Waals surface area contributed by atoms with E-state index in [0.29, 0.717) is 26.8 Å². The molecule has 0 unspecified atom stereocenters. The number of rotatable bonds is 6. The average molecular weight is 862 g/mol. The molecule has 0 aliphatic heterocycles. The fraction of sp³-hybridized carbons (Fsp3) is 0. The maximum Gasteiger partial charge on any atom is 0.263 e. The first-order chi connectivity index (χ1) is 14.8. The van der Waals surface area contributed by atoms with Gasteiger partial charge in [0.25, 0.3) is 20.0 Å². The minimum Gasteiger partial charge on any atom is -0.280 e. The molecule has 32 heavy (non-hydrogen) atoms. The van der Waals surface area contributed by atoms with Crippen LogP contribution in [0.4, 0.5) is 11.4 Å². The van der Waals surface area contributed by atoms with E-state index in [1.54, 1.807) is 12.1 Å². The Morgan fingerprint density at radius 2 is 0.750 bits per heavy atom. The van der Waals surface area contributed by atoms with Gasteiger partial charge in [0.2, 0.25) is 0 Å². The third kappa shape index (κ3) is 6.18. The van der Waals surface area contributed by atoms with Gasteiger partial charge in [0, 0.05) is 38.2 Å². The molecule has 0 fully saturated rings. The molecule has 3 rings (SSSR count). The van der Waals surface area contributed by atoms with Crippen molar-refractivity contribution in [1.29, 1.82) is 0 Å². The van der Waals surface area contributed by atoms with Gasteiger partial charge in [-0.3, -0.25) is 9.44 Å². The molecule has 0 bridgehead atoms. The molecule has 170 valence electrons. The predicted molar refractivity (Wildman–Crippen MR) is 147 cm³/mol. The lowest BCUT2D eigenvalue weighted by molar-refractivity contribution is 0.599. The Balaban J connectivity index is 1.83. The van der Waals surface area contributed by atoms with Crippen LogP contribution in [0.1, 0.15) is 0 Å². The largest absolute Gasteiger partial charge is 0.280 e. The molecule has 0 amide bonds. The summed E-state index contributed by atoms with van der Waals surface area (Å²) in [6, 6.07) is 12.0. The van der Waals surface area contributed by atoms with Crippen LogP contribution in [0.25, 0.3) is 0 Å². The van der Waals surface area contributed by atoms with E-state index in [-0.39, 0.29) is 21.2 Å². The summed E-state index contributed by atoms with van der Waals surface area (Å²) in [5.41, 5.74) is 0.540. The van der Waals surface area contributed by atoms with Crippen LogP contribution in [0.15, 0.2) is 85.2 Å². The number of nitrogens with one attached hydrogen (secondary N) is 2. The Morgan fingerprint density at radius 3 is 1.06 bits per heavy atom. The minimum atomic E-state index is -3.89. The van der Waals surface area contributed by atoms with Crippen molar-refractivity contribution in [2.75, 3.05) is 9.44 Å².